The number of ether oxygens (including phenoxy) is 2. The van der Waals surface area contributed by atoms with E-state index in [1.165, 1.54) is 7.11 Å². The zero-order valence-corrected chi connectivity index (χ0v) is 21.6. The maximum absolute atomic E-state index is 13.7. The Hall–Kier alpha value is -2.74. The molecule has 3 atom stereocenters. The number of ketones is 1. The van der Waals surface area contributed by atoms with E-state index in [1.807, 2.05) is 57.1 Å². The van der Waals surface area contributed by atoms with Gasteiger partial charge >= 0.3 is 11.9 Å². The molecular formula is C26H34N2O5S. The Balaban J connectivity index is 2.08. The first-order valence-electron chi connectivity index (χ1n) is 11.6. The Labute approximate surface area is 205 Å². The second-order valence-electron chi connectivity index (χ2n) is 8.85. The summed E-state index contributed by atoms with van der Waals surface area (Å²) in [5.74, 6) is -1.37. The van der Waals surface area contributed by atoms with Crippen molar-refractivity contribution in [2.75, 3.05) is 44.2 Å². The Morgan fingerprint density at radius 1 is 1.21 bits per heavy atom. The van der Waals surface area contributed by atoms with Gasteiger partial charge in [-0.2, -0.15) is 11.8 Å². The third kappa shape index (κ3) is 5.17. The highest BCUT2D eigenvalue weighted by Gasteiger charge is 2.47. The molecule has 1 aromatic rings. The Bertz CT molecular complexity index is 1010. The minimum absolute atomic E-state index is 0.213. The summed E-state index contributed by atoms with van der Waals surface area (Å²) < 4.78 is 10.6. The lowest BCUT2D eigenvalue weighted by Gasteiger charge is -2.38. The molecule has 1 aromatic carbocycles. The molecule has 0 saturated carbocycles. The highest BCUT2D eigenvalue weighted by molar-refractivity contribution is 7.99. The molecule has 0 amide bonds. The zero-order valence-electron chi connectivity index (χ0n) is 20.8. The van der Waals surface area contributed by atoms with Crippen LogP contribution in [0.25, 0.3) is 0 Å². The molecule has 184 valence electrons. The highest BCUT2D eigenvalue weighted by Crippen LogP contribution is 2.45. The minimum atomic E-state index is -0.897. The van der Waals surface area contributed by atoms with Crippen LogP contribution < -0.4 is 10.2 Å². The van der Waals surface area contributed by atoms with Crippen LogP contribution in [0.4, 0.5) is 5.69 Å². The van der Waals surface area contributed by atoms with Crippen LogP contribution >= 0.6 is 11.8 Å². The average molecular weight is 487 g/mol. The fourth-order valence-electron chi connectivity index (χ4n) is 4.66. The van der Waals surface area contributed by atoms with E-state index >= 15 is 0 Å². The summed E-state index contributed by atoms with van der Waals surface area (Å²) in [6, 6.07) is 7.78. The average Bonchev–Trinajstić information content (AvgIpc) is 2.80. The number of carbonyl (C=O) groups excluding carboxylic acids is 3. The van der Waals surface area contributed by atoms with Crippen LogP contribution in [0.5, 0.6) is 0 Å². The summed E-state index contributed by atoms with van der Waals surface area (Å²) >= 11 is 1.70. The number of thioether (sulfide) groups is 1. The fraction of sp³-hybridized carbons (Fsp3) is 0.500. The molecule has 8 heteroatoms. The molecule has 0 spiro atoms. The minimum Gasteiger partial charge on any atom is -0.468 e. The van der Waals surface area contributed by atoms with Crippen molar-refractivity contribution in [3.05, 3.63) is 52.4 Å². The Kier molecular flexibility index (Phi) is 8.47. The zero-order chi connectivity index (χ0) is 25.0. The number of hydrogen-bond acceptors (Lipinski definition) is 8. The van der Waals surface area contributed by atoms with Crippen molar-refractivity contribution in [1.82, 2.24) is 5.32 Å². The summed E-state index contributed by atoms with van der Waals surface area (Å²) in [6.07, 6.45) is 0.514. The third-order valence-corrected chi connectivity index (χ3v) is 7.23. The van der Waals surface area contributed by atoms with Crippen LogP contribution in [0.15, 0.2) is 46.8 Å². The topological polar surface area (TPSA) is 84.9 Å². The van der Waals surface area contributed by atoms with Crippen molar-refractivity contribution in [1.29, 1.82) is 0 Å². The van der Waals surface area contributed by atoms with Gasteiger partial charge < -0.3 is 19.7 Å². The quantitative estimate of drug-likeness (QED) is 0.339. The first-order chi connectivity index (χ1) is 16.2. The predicted molar refractivity (Wildman–Crippen MR) is 135 cm³/mol. The molecule has 1 aliphatic heterocycles. The molecule has 2 aliphatic rings. The summed E-state index contributed by atoms with van der Waals surface area (Å²) in [6.45, 7) is 6.06. The number of benzene rings is 1. The predicted octanol–water partition coefficient (Wildman–Crippen LogP) is 3.66. The lowest BCUT2D eigenvalue weighted by atomic mass is 9.69. The van der Waals surface area contributed by atoms with E-state index in [9.17, 15) is 14.4 Å². The molecule has 3 rings (SSSR count). The number of nitrogens with zero attached hydrogens (tertiary/aromatic N) is 1. The molecule has 34 heavy (non-hydrogen) atoms. The van der Waals surface area contributed by atoms with E-state index in [-0.39, 0.29) is 11.7 Å². The van der Waals surface area contributed by atoms with Crippen LogP contribution in [0, 0.1) is 11.8 Å². The van der Waals surface area contributed by atoms with E-state index in [2.05, 4.69) is 12.2 Å². The largest absolute Gasteiger partial charge is 0.468 e. The van der Waals surface area contributed by atoms with E-state index in [4.69, 9.17) is 9.47 Å². The monoisotopic (exact) mass is 486 g/mol. The first kappa shape index (κ1) is 25.9. The molecule has 0 saturated heterocycles. The lowest BCUT2D eigenvalue weighted by molar-refractivity contribution is -0.151. The number of anilines is 1. The fourth-order valence-corrected chi connectivity index (χ4v) is 5.15. The molecule has 0 bridgehead atoms. The Morgan fingerprint density at radius 3 is 2.47 bits per heavy atom. The van der Waals surface area contributed by atoms with Crippen molar-refractivity contribution < 1.29 is 23.9 Å². The van der Waals surface area contributed by atoms with Gasteiger partial charge in [-0.3, -0.25) is 9.59 Å². The van der Waals surface area contributed by atoms with Gasteiger partial charge in [0.15, 0.2) is 5.78 Å². The molecule has 7 nitrogen and oxygen atoms in total. The van der Waals surface area contributed by atoms with Gasteiger partial charge in [0, 0.05) is 48.4 Å². The van der Waals surface area contributed by atoms with Gasteiger partial charge in [-0.05, 0) is 42.7 Å². The number of allylic oxidation sites excluding steroid dienone is 3. The van der Waals surface area contributed by atoms with Gasteiger partial charge in [-0.1, -0.05) is 26.0 Å². The van der Waals surface area contributed by atoms with Gasteiger partial charge in [-0.15, -0.1) is 0 Å². The van der Waals surface area contributed by atoms with E-state index in [0.29, 0.717) is 35.6 Å². The number of Topliss-reactive ketones (excluding diaryl/α,β-unsaturated/α-hetero) is 1. The highest BCUT2D eigenvalue weighted by atomic mass is 32.2. The normalized spacial score (nSPS) is 22.2. The van der Waals surface area contributed by atoms with Crippen LogP contribution in [0.2, 0.25) is 0 Å². The SMILES string of the molecule is CCSCCOC(=O)C1=C(C)NC2=C(C(=O)[C@@H](C(=O)OC)[C@H](C)C2)[C@@H]1c1ccc(N(C)C)cc1. The molecule has 0 radical (unpaired) electrons. The molecule has 0 fully saturated rings. The van der Waals surface area contributed by atoms with Crippen molar-refractivity contribution in [2.45, 2.75) is 33.1 Å². The van der Waals surface area contributed by atoms with Crippen LogP contribution in [-0.4, -0.2) is 57.0 Å². The standard InChI is InChI=1S/C26H34N2O5S/c1-7-34-13-12-33-26(31)21-16(3)27-19-14-15(2)20(25(30)32-6)24(29)23(19)22(21)17-8-10-18(11-9-17)28(4)5/h8-11,15,20,22,27H,7,12-14H2,1-6H3/t15-,20+,22-/m1/s1. The molecule has 0 aromatic heterocycles. The lowest BCUT2D eigenvalue weighted by Crippen LogP contribution is -2.43. The number of carbonyl (C=O) groups is 3. The summed E-state index contributed by atoms with van der Waals surface area (Å²) in [5.41, 5.74) is 4.10. The van der Waals surface area contributed by atoms with Crippen molar-refractivity contribution >= 4 is 35.2 Å². The Morgan fingerprint density at radius 2 is 1.88 bits per heavy atom. The number of nitrogens with one attached hydrogen (secondary N) is 1. The van der Waals surface area contributed by atoms with Gasteiger partial charge in [0.1, 0.15) is 12.5 Å². The van der Waals surface area contributed by atoms with E-state index < -0.39 is 23.8 Å². The third-order valence-electron chi connectivity index (χ3n) is 6.37. The van der Waals surface area contributed by atoms with Crippen molar-refractivity contribution in [3.8, 4) is 0 Å². The van der Waals surface area contributed by atoms with E-state index in [0.717, 1.165) is 22.7 Å². The second kappa shape index (κ2) is 11.1. The first-order valence-corrected chi connectivity index (χ1v) is 12.7. The summed E-state index contributed by atoms with van der Waals surface area (Å²) in [5, 5.41) is 3.29. The number of dihydropyridines is 1. The maximum atomic E-state index is 13.7. The number of hydrogen-bond donors (Lipinski definition) is 1. The molecular weight excluding hydrogens is 452 g/mol. The van der Waals surface area contributed by atoms with Crippen LogP contribution in [-0.2, 0) is 23.9 Å². The van der Waals surface area contributed by atoms with Crippen molar-refractivity contribution in [2.24, 2.45) is 11.8 Å². The smallest absolute Gasteiger partial charge is 0.336 e. The molecule has 1 heterocycles. The van der Waals surface area contributed by atoms with Gasteiger partial charge in [0.05, 0.1) is 12.7 Å². The molecule has 1 aliphatic carbocycles. The van der Waals surface area contributed by atoms with Gasteiger partial charge in [0.2, 0.25) is 0 Å². The summed E-state index contributed by atoms with van der Waals surface area (Å²) in [7, 11) is 5.20. The van der Waals surface area contributed by atoms with Gasteiger partial charge in [-0.25, -0.2) is 4.79 Å². The van der Waals surface area contributed by atoms with Gasteiger partial charge in [0.25, 0.3) is 0 Å². The summed E-state index contributed by atoms with van der Waals surface area (Å²) in [4.78, 5) is 41.5. The van der Waals surface area contributed by atoms with Crippen LogP contribution in [0.1, 0.15) is 38.7 Å². The molecule has 1 N–H and O–H groups in total. The van der Waals surface area contributed by atoms with E-state index in [1.54, 1.807) is 11.8 Å². The number of rotatable bonds is 8. The number of esters is 2. The number of methoxy groups -OCH3 is 1. The second-order valence-corrected chi connectivity index (χ2v) is 10.2. The molecule has 0 unspecified atom stereocenters. The van der Waals surface area contributed by atoms with Crippen LogP contribution in [0.3, 0.4) is 0 Å². The van der Waals surface area contributed by atoms with Crippen molar-refractivity contribution in [3.63, 3.8) is 0 Å². The maximum Gasteiger partial charge on any atom is 0.336 e.